The molecule has 1 N–H and O–H groups in total. The zero-order valence-electron chi connectivity index (χ0n) is 14.4. The molecule has 0 fully saturated rings. The van der Waals surface area contributed by atoms with E-state index in [-0.39, 0.29) is 21.9 Å². The van der Waals surface area contributed by atoms with E-state index in [0.29, 0.717) is 16.3 Å². The average molecular weight is 388 g/mol. The van der Waals surface area contributed by atoms with E-state index < -0.39 is 17.7 Å². The second-order valence-corrected chi connectivity index (χ2v) is 6.58. The fourth-order valence-corrected chi connectivity index (χ4v) is 3.33. The second-order valence-electron chi connectivity index (χ2n) is 5.58. The van der Waals surface area contributed by atoms with Crippen molar-refractivity contribution in [3.05, 3.63) is 70.2 Å². The Kier molecular flexibility index (Phi) is 5.27. The summed E-state index contributed by atoms with van der Waals surface area (Å²) in [5, 5.41) is 2.99. The number of carbonyl (C=O) groups excluding carboxylic acids is 2. The molecule has 0 atom stereocenters. The number of nitrogens with zero attached hydrogens (tertiary/aromatic N) is 1. The number of hydrogen-bond acceptors (Lipinski definition) is 5. The van der Waals surface area contributed by atoms with E-state index in [2.05, 4.69) is 15.0 Å². The first kappa shape index (κ1) is 18.7. The molecule has 0 saturated carbocycles. The van der Waals surface area contributed by atoms with Crippen LogP contribution in [0.4, 0.5) is 14.5 Å². The molecule has 3 aromatic rings. The first-order valence-electron chi connectivity index (χ1n) is 7.81. The monoisotopic (exact) mass is 388 g/mol. The summed E-state index contributed by atoms with van der Waals surface area (Å²) in [6, 6.07) is 9.28. The van der Waals surface area contributed by atoms with Gasteiger partial charge in [-0.2, -0.15) is 0 Å². The third kappa shape index (κ3) is 4.01. The number of thiazole rings is 1. The molecule has 0 aliphatic carbocycles. The lowest BCUT2D eigenvalue weighted by atomic mass is 10.2. The van der Waals surface area contributed by atoms with Crippen LogP contribution in [0.3, 0.4) is 0 Å². The Morgan fingerprint density at radius 3 is 2.48 bits per heavy atom. The van der Waals surface area contributed by atoms with E-state index in [0.717, 1.165) is 17.4 Å². The second kappa shape index (κ2) is 7.63. The highest BCUT2D eigenvalue weighted by Gasteiger charge is 2.19. The minimum absolute atomic E-state index is 0.113. The number of rotatable bonds is 4. The van der Waals surface area contributed by atoms with Crippen LogP contribution in [0, 0.1) is 18.6 Å². The molecule has 0 unspecified atom stereocenters. The molecule has 8 heteroatoms. The number of anilines is 1. The van der Waals surface area contributed by atoms with Gasteiger partial charge in [-0.05, 0) is 49.4 Å². The molecular formula is C19H14F2N2O3S. The SMILES string of the molecule is COC(=O)c1ccc(F)c(NC(=O)c2sc(-c3ccc(F)cc3)nc2C)c1. The number of ether oxygens (including phenoxy) is 1. The van der Waals surface area contributed by atoms with Gasteiger partial charge in [0.1, 0.15) is 21.5 Å². The van der Waals surface area contributed by atoms with E-state index in [9.17, 15) is 18.4 Å². The van der Waals surface area contributed by atoms with Crippen molar-refractivity contribution in [3.63, 3.8) is 0 Å². The minimum Gasteiger partial charge on any atom is -0.465 e. The molecule has 1 aromatic heterocycles. The molecule has 0 aliphatic rings. The first-order valence-corrected chi connectivity index (χ1v) is 8.63. The van der Waals surface area contributed by atoms with Crippen LogP contribution < -0.4 is 5.32 Å². The number of aromatic nitrogens is 1. The number of benzene rings is 2. The molecule has 138 valence electrons. The highest BCUT2D eigenvalue weighted by molar-refractivity contribution is 7.17. The van der Waals surface area contributed by atoms with E-state index in [1.165, 1.54) is 31.4 Å². The van der Waals surface area contributed by atoms with E-state index >= 15 is 0 Å². The third-order valence-electron chi connectivity index (χ3n) is 3.73. The fraction of sp³-hybridized carbons (Fsp3) is 0.105. The van der Waals surface area contributed by atoms with E-state index in [1.807, 2.05) is 0 Å². The lowest BCUT2D eigenvalue weighted by molar-refractivity contribution is 0.0600. The van der Waals surface area contributed by atoms with Gasteiger partial charge in [0, 0.05) is 5.56 Å². The summed E-state index contributed by atoms with van der Waals surface area (Å²) in [5.74, 6) is -2.25. The van der Waals surface area contributed by atoms with Crippen LogP contribution in [0.1, 0.15) is 25.7 Å². The Balaban J connectivity index is 1.87. The topological polar surface area (TPSA) is 68.3 Å². The van der Waals surface area contributed by atoms with Gasteiger partial charge >= 0.3 is 5.97 Å². The molecule has 3 rings (SSSR count). The van der Waals surface area contributed by atoms with Gasteiger partial charge in [0.25, 0.3) is 5.91 Å². The number of carbonyl (C=O) groups is 2. The molecule has 27 heavy (non-hydrogen) atoms. The predicted molar refractivity (Wildman–Crippen MR) is 97.9 cm³/mol. The molecule has 0 radical (unpaired) electrons. The van der Waals surface area contributed by atoms with Crippen LogP contribution in [-0.4, -0.2) is 24.0 Å². The predicted octanol–water partition coefficient (Wildman–Crippen LogP) is 4.44. The Bertz CT molecular complexity index is 1020. The van der Waals surface area contributed by atoms with Crippen LogP contribution >= 0.6 is 11.3 Å². The fourth-order valence-electron chi connectivity index (χ4n) is 2.37. The zero-order valence-corrected chi connectivity index (χ0v) is 15.2. The number of hydrogen-bond donors (Lipinski definition) is 1. The van der Waals surface area contributed by atoms with E-state index in [1.54, 1.807) is 19.1 Å². The number of esters is 1. The van der Waals surface area contributed by atoms with Gasteiger partial charge in [-0.1, -0.05) is 0 Å². The van der Waals surface area contributed by atoms with E-state index in [4.69, 9.17) is 0 Å². The Hall–Kier alpha value is -3.13. The maximum Gasteiger partial charge on any atom is 0.337 e. The van der Waals surface area contributed by atoms with Crippen molar-refractivity contribution in [2.45, 2.75) is 6.92 Å². The molecular weight excluding hydrogens is 374 g/mol. The number of methoxy groups -OCH3 is 1. The number of nitrogens with one attached hydrogen (secondary N) is 1. The Morgan fingerprint density at radius 1 is 1.11 bits per heavy atom. The van der Waals surface area contributed by atoms with Crippen LogP contribution in [0.5, 0.6) is 0 Å². The average Bonchev–Trinajstić information content (AvgIpc) is 3.05. The van der Waals surface area contributed by atoms with Gasteiger partial charge < -0.3 is 10.1 Å². The molecule has 1 heterocycles. The maximum atomic E-state index is 14.0. The Labute approximate surface area is 157 Å². The van der Waals surface area contributed by atoms with Gasteiger partial charge in [0.05, 0.1) is 24.1 Å². The molecule has 1 amide bonds. The Morgan fingerprint density at radius 2 is 1.81 bits per heavy atom. The number of halogens is 2. The number of amides is 1. The summed E-state index contributed by atoms with van der Waals surface area (Å²) in [6.07, 6.45) is 0. The number of aryl methyl sites for hydroxylation is 1. The first-order chi connectivity index (χ1) is 12.9. The summed E-state index contributed by atoms with van der Waals surface area (Å²) in [4.78, 5) is 28.7. The van der Waals surface area contributed by atoms with Gasteiger partial charge in [-0.15, -0.1) is 11.3 Å². The normalized spacial score (nSPS) is 10.5. The minimum atomic E-state index is -0.683. The summed E-state index contributed by atoms with van der Waals surface area (Å²) in [5.41, 5.74) is 1.10. The zero-order chi connectivity index (χ0) is 19.6. The van der Waals surface area contributed by atoms with Gasteiger partial charge in [-0.3, -0.25) is 4.79 Å². The van der Waals surface area contributed by atoms with Crippen molar-refractivity contribution in [3.8, 4) is 10.6 Å². The summed E-state index contributed by atoms with van der Waals surface area (Å²) in [7, 11) is 1.21. The highest BCUT2D eigenvalue weighted by Crippen LogP contribution is 2.29. The summed E-state index contributed by atoms with van der Waals surface area (Å²) >= 11 is 1.11. The van der Waals surface area contributed by atoms with Crippen molar-refractivity contribution in [1.29, 1.82) is 0 Å². The van der Waals surface area contributed by atoms with Gasteiger partial charge in [-0.25, -0.2) is 18.6 Å². The lowest BCUT2D eigenvalue weighted by Gasteiger charge is -2.07. The highest BCUT2D eigenvalue weighted by atomic mass is 32.1. The van der Waals surface area contributed by atoms with Crippen LogP contribution in [-0.2, 0) is 4.74 Å². The molecule has 5 nitrogen and oxygen atoms in total. The lowest BCUT2D eigenvalue weighted by Crippen LogP contribution is -2.13. The summed E-state index contributed by atoms with van der Waals surface area (Å²) < 4.78 is 31.7. The van der Waals surface area contributed by atoms with Gasteiger partial charge in [0.2, 0.25) is 0 Å². The molecule has 0 saturated heterocycles. The summed E-state index contributed by atoms with van der Waals surface area (Å²) in [6.45, 7) is 1.65. The molecule has 0 aliphatic heterocycles. The van der Waals surface area contributed by atoms with Gasteiger partial charge in [0.15, 0.2) is 0 Å². The molecule has 0 bridgehead atoms. The van der Waals surface area contributed by atoms with Crippen molar-refractivity contribution in [2.75, 3.05) is 12.4 Å². The standard InChI is InChI=1S/C19H14F2N2O3S/c1-10-16(27-18(22-10)11-3-6-13(20)7-4-11)17(24)23-15-9-12(19(25)26-2)5-8-14(15)21/h3-9H,1-2H3,(H,23,24). The molecule has 2 aromatic carbocycles. The molecule has 0 spiro atoms. The van der Waals surface area contributed by atoms with Crippen molar-refractivity contribution < 1.29 is 23.1 Å². The van der Waals surface area contributed by atoms with Crippen molar-refractivity contribution >= 4 is 28.9 Å². The quantitative estimate of drug-likeness (QED) is 0.671. The van der Waals surface area contributed by atoms with Crippen LogP contribution in [0.25, 0.3) is 10.6 Å². The largest absolute Gasteiger partial charge is 0.465 e. The van der Waals surface area contributed by atoms with Crippen molar-refractivity contribution in [2.24, 2.45) is 0 Å². The third-order valence-corrected chi connectivity index (χ3v) is 4.93. The maximum absolute atomic E-state index is 14.0. The van der Waals surface area contributed by atoms with Crippen molar-refractivity contribution in [1.82, 2.24) is 4.98 Å². The smallest absolute Gasteiger partial charge is 0.337 e. The van der Waals surface area contributed by atoms with Crippen LogP contribution in [0.2, 0.25) is 0 Å². The van der Waals surface area contributed by atoms with Crippen LogP contribution in [0.15, 0.2) is 42.5 Å².